The first-order chi connectivity index (χ1) is 11.4. The Bertz CT molecular complexity index is 760. The Morgan fingerprint density at radius 3 is 2.38 bits per heavy atom. The summed E-state index contributed by atoms with van der Waals surface area (Å²) >= 11 is 6.01. The number of hydrogen-bond donors (Lipinski definition) is 2. The van der Waals surface area contributed by atoms with Crippen LogP contribution in [0.5, 0.6) is 5.75 Å². The lowest BCUT2D eigenvalue weighted by molar-refractivity contribution is -0.133. The summed E-state index contributed by atoms with van der Waals surface area (Å²) in [6.07, 6.45) is -0.0495. The number of anilines is 2. The minimum atomic E-state index is -0.786. The molecule has 2 aromatic carbocycles. The molecule has 0 aliphatic carbocycles. The van der Waals surface area contributed by atoms with Crippen molar-refractivity contribution in [2.45, 2.75) is 26.9 Å². The smallest absolute Gasteiger partial charge is 0.314 e. The number of hydrogen-bond acceptors (Lipinski definition) is 3. The number of para-hydroxylation sites is 2. The Morgan fingerprint density at radius 2 is 1.71 bits per heavy atom. The van der Waals surface area contributed by atoms with E-state index in [-0.39, 0.29) is 6.10 Å². The molecular formula is C18H19ClN2O3. The zero-order valence-corrected chi connectivity index (χ0v) is 14.5. The van der Waals surface area contributed by atoms with Crippen LogP contribution in [0.1, 0.15) is 19.4 Å². The van der Waals surface area contributed by atoms with Crippen molar-refractivity contribution in [1.82, 2.24) is 0 Å². The SMILES string of the molecule is Cc1ccc(NC(=O)C(=O)Nc2ccccc2OC(C)C)cc1Cl. The molecule has 0 fully saturated rings. The van der Waals surface area contributed by atoms with Crippen LogP contribution in [0.25, 0.3) is 0 Å². The van der Waals surface area contributed by atoms with E-state index in [0.29, 0.717) is 22.1 Å². The highest BCUT2D eigenvalue weighted by molar-refractivity contribution is 6.44. The largest absolute Gasteiger partial charge is 0.489 e. The Kier molecular flexibility index (Phi) is 5.82. The van der Waals surface area contributed by atoms with Crippen molar-refractivity contribution >= 4 is 34.8 Å². The molecule has 0 aliphatic rings. The molecule has 0 aromatic heterocycles. The van der Waals surface area contributed by atoms with Gasteiger partial charge in [-0.15, -0.1) is 0 Å². The third-order valence-corrected chi connectivity index (χ3v) is 3.54. The predicted molar refractivity (Wildman–Crippen MR) is 95.7 cm³/mol. The first kappa shape index (κ1) is 17.8. The van der Waals surface area contributed by atoms with Crippen molar-refractivity contribution in [2.24, 2.45) is 0 Å². The topological polar surface area (TPSA) is 67.4 Å². The molecule has 0 spiro atoms. The molecule has 2 N–H and O–H groups in total. The van der Waals surface area contributed by atoms with Gasteiger partial charge in [-0.05, 0) is 50.6 Å². The molecule has 0 atom stereocenters. The van der Waals surface area contributed by atoms with Crippen molar-refractivity contribution in [1.29, 1.82) is 0 Å². The number of carbonyl (C=O) groups is 2. The van der Waals surface area contributed by atoms with Crippen LogP contribution in [-0.2, 0) is 9.59 Å². The van der Waals surface area contributed by atoms with Crippen molar-refractivity contribution in [3.63, 3.8) is 0 Å². The molecule has 0 saturated heterocycles. The standard InChI is InChI=1S/C18H19ClN2O3/c1-11(2)24-16-7-5-4-6-15(16)21-18(23)17(22)20-13-9-8-12(3)14(19)10-13/h4-11H,1-3H3,(H,20,22)(H,21,23). The normalized spacial score (nSPS) is 10.4. The van der Waals surface area contributed by atoms with Gasteiger partial charge >= 0.3 is 11.8 Å². The summed E-state index contributed by atoms with van der Waals surface area (Å²) in [5, 5.41) is 5.58. The summed E-state index contributed by atoms with van der Waals surface area (Å²) in [5.74, 6) is -1.06. The van der Waals surface area contributed by atoms with Crippen LogP contribution in [0.15, 0.2) is 42.5 Å². The maximum absolute atomic E-state index is 12.1. The van der Waals surface area contributed by atoms with Gasteiger partial charge in [0.2, 0.25) is 0 Å². The zero-order valence-electron chi connectivity index (χ0n) is 13.7. The molecule has 5 nitrogen and oxygen atoms in total. The average molecular weight is 347 g/mol. The second-order valence-electron chi connectivity index (χ2n) is 5.53. The van der Waals surface area contributed by atoms with Crippen LogP contribution in [0.2, 0.25) is 5.02 Å². The van der Waals surface area contributed by atoms with Crippen LogP contribution in [0.3, 0.4) is 0 Å². The van der Waals surface area contributed by atoms with E-state index in [4.69, 9.17) is 16.3 Å². The number of amides is 2. The van der Waals surface area contributed by atoms with Crippen LogP contribution in [0, 0.1) is 6.92 Å². The Morgan fingerprint density at radius 1 is 1.04 bits per heavy atom. The molecule has 0 unspecified atom stereocenters. The fourth-order valence-electron chi connectivity index (χ4n) is 1.96. The molecule has 0 saturated carbocycles. The summed E-state index contributed by atoms with van der Waals surface area (Å²) in [5.41, 5.74) is 1.78. The van der Waals surface area contributed by atoms with Gasteiger partial charge in [-0.25, -0.2) is 0 Å². The van der Waals surface area contributed by atoms with Gasteiger partial charge in [0.05, 0.1) is 11.8 Å². The molecule has 2 rings (SSSR count). The van der Waals surface area contributed by atoms with Gasteiger partial charge in [-0.3, -0.25) is 9.59 Å². The highest BCUT2D eigenvalue weighted by Gasteiger charge is 2.16. The van der Waals surface area contributed by atoms with Gasteiger partial charge in [0.25, 0.3) is 0 Å². The van der Waals surface area contributed by atoms with Crippen LogP contribution in [0.4, 0.5) is 11.4 Å². The first-order valence-corrected chi connectivity index (χ1v) is 7.89. The zero-order chi connectivity index (χ0) is 17.7. The molecule has 0 radical (unpaired) electrons. The summed E-state index contributed by atoms with van der Waals surface area (Å²) < 4.78 is 5.61. The molecule has 24 heavy (non-hydrogen) atoms. The van der Waals surface area contributed by atoms with E-state index in [0.717, 1.165) is 5.56 Å². The molecule has 0 heterocycles. The van der Waals surface area contributed by atoms with Gasteiger partial charge in [0, 0.05) is 10.7 Å². The van der Waals surface area contributed by atoms with E-state index >= 15 is 0 Å². The van der Waals surface area contributed by atoms with Crippen molar-refractivity contribution < 1.29 is 14.3 Å². The minimum Gasteiger partial charge on any atom is -0.489 e. The third kappa shape index (κ3) is 4.73. The molecule has 0 bridgehead atoms. The maximum Gasteiger partial charge on any atom is 0.314 e. The van der Waals surface area contributed by atoms with E-state index in [1.54, 1.807) is 42.5 Å². The molecule has 6 heteroatoms. The van der Waals surface area contributed by atoms with E-state index in [9.17, 15) is 9.59 Å². The van der Waals surface area contributed by atoms with Crippen molar-refractivity contribution in [3.05, 3.63) is 53.1 Å². The third-order valence-electron chi connectivity index (χ3n) is 3.13. The van der Waals surface area contributed by atoms with Gasteiger partial charge in [0.15, 0.2) is 0 Å². The number of rotatable bonds is 4. The summed E-state index contributed by atoms with van der Waals surface area (Å²) in [7, 11) is 0. The average Bonchev–Trinajstić information content (AvgIpc) is 2.52. The highest BCUT2D eigenvalue weighted by Crippen LogP contribution is 2.25. The monoisotopic (exact) mass is 346 g/mol. The first-order valence-electron chi connectivity index (χ1n) is 7.51. The summed E-state index contributed by atoms with van der Waals surface area (Å²) in [4.78, 5) is 24.1. The lowest BCUT2D eigenvalue weighted by Gasteiger charge is -2.14. The number of carbonyl (C=O) groups excluding carboxylic acids is 2. The number of benzene rings is 2. The van der Waals surface area contributed by atoms with Crippen LogP contribution < -0.4 is 15.4 Å². The highest BCUT2D eigenvalue weighted by atomic mass is 35.5. The van der Waals surface area contributed by atoms with E-state index < -0.39 is 11.8 Å². The number of halogens is 1. The second kappa shape index (κ2) is 7.84. The fraction of sp³-hybridized carbons (Fsp3) is 0.222. The number of aryl methyl sites for hydroxylation is 1. The van der Waals surface area contributed by atoms with E-state index in [2.05, 4.69) is 10.6 Å². The maximum atomic E-state index is 12.1. The van der Waals surface area contributed by atoms with Crippen molar-refractivity contribution in [2.75, 3.05) is 10.6 Å². The lowest BCUT2D eigenvalue weighted by Crippen LogP contribution is -2.29. The van der Waals surface area contributed by atoms with Crippen molar-refractivity contribution in [3.8, 4) is 5.75 Å². The van der Waals surface area contributed by atoms with Gasteiger partial charge in [0.1, 0.15) is 5.75 Å². The van der Waals surface area contributed by atoms with Crippen LogP contribution in [-0.4, -0.2) is 17.9 Å². The lowest BCUT2D eigenvalue weighted by atomic mass is 10.2. The van der Waals surface area contributed by atoms with Gasteiger partial charge in [-0.2, -0.15) is 0 Å². The summed E-state index contributed by atoms with van der Waals surface area (Å²) in [6, 6.07) is 12.0. The molecule has 126 valence electrons. The van der Waals surface area contributed by atoms with E-state index in [1.165, 1.54) is 0 Å². The van der Waals surface area contributed by atoms with E-state index in [1.807, 2.05) is 20.8 Å². The molecular weight excluding hydrogens is 328 g/mol. The molecule has 2 amide bonds. The molecule has 2 aromatic rings. The Hall–Kier alpha value is -2.53. The van der Waals surface area contributed by atoms with Gasteiger partial charge < -0.3 is 15.4 Å². The summed E-state index contributed by atoms with van der Waals surface area (Å²) in [6.45, 7) is 5.62. The predicted octanol–water partition coefficient (Wildman–Crippen LogP) is 4.01. The second-order valence-corrected chi connectivity index (χ2v) is 5.94. The number of nitrogens with one attached hydrogen (secondary N) is 2. The quantitative estimate of drug-likeness (QED) is 0.822. The number of ether oxygens (including phenoxy) is 1. The van der Waals surface area contributed by atoms with Crippen LogP contribution >= 0.6 is 11.6 Å². The minimum absolute atomic E-state index is 0.0495. The molecule has 0 aliphatic heterocycles. The van der Waals surface area contributed by atoms with Gasteiger partial charge in [-0.1, -0.05) is 29.8 Å². The Balaban J connectivity index is 2.06. The fourth-order valence-corrected chi connectivity index (χ4v) is 2.14. The Labute approximate surface area is 146 Å².